The number of nitrogens with zero attached hydrogens (tertiary/aromatic N) is 2. The second-order valence-electron chi connectivity index (χ2n) is 3.97. The maximum atomic E-state index is 12.1. The summed E-state index contributed by atoms with van der Waals surface area (Å²) in [6.45, 7) is 1.20. The fourth-order valence-corrected chi connectivity index (χ4v) is 1.97. The topological polar surface area (TPSA) is 52.9 Å². The van der Waals surface area contributed by atoms with Crippen LogP contribution in [0.3, 0.4) is 0 Å². The van der Waals surface area contributed by atoms with E-state index in [1.807, 2.05) is 0 Å². The van der Waals surface area contributed by atoms with Gasteiger partial charge < -0.3 is 10.1 Å². The molecule has 1 N–H and O–H groups in total. The van der Waals surface area contributed by atoms with Gasteiger partial charge in [-0.15, -0.1) is 0 Å². The molecule has 0 aromatic heterocycles. The van der Waals surface area contributed by atoms with Crippen molar-refractivity contribution in [2.45, 2.75) is 12.8 Å². The van der Waals surface area contributed by atoms with Crippen LogP contribution in [-0.2, 0) is 0 Å². The molecular formula is C12H13ClN2O2. The Hall–Kier alpha value is -1.55. The molecule has 1 aromatic carbocycles. The van der Waals surface area contributed by atoms with Gasteiger partial charge in [-0.2, -0.15) is 0 Å². The van der Waals surface area contributed by atoms with E-state index >= 15 is 0 Å². The number of hydrogen-bond acceptors (Lipinski definition) is 3. The molecule has 90 valence electrons. The molecule has 0 aliphatic carbocycles. The van der Waals surface area contributed by atoms with E-state index in [0.717, 1.165) is 5.71 Å². The Morgan fingerprint density at radius 3 is 2.35 bits per heavy atom. The lowest BCUT2D eigenvalue weighted by molar-refractivity contribution is 0.0754. The van der Waals surface area contributed by atoms with E-state index in [4.69, 9.17) is 16.8 Å². The molecule has 1 fully saturated rings. The number of piperidine rings is 1. The van der Waals surface area contributed by atoms with Gasteiger partial charge in [-0.05, 0) is 24.3 Å². The second-order valence-corrected chi connectivity index (χ2v) is 4.40. The van der Waals surface area contributed by atoms with E-state index in [0.29, 0.717) is 36.5 Å². The summed E-state index contributed by atoms with van der Waals surface area (Å²) in [6.07, 6.45) is 1.27. The maximum Gasteiger partial charge on any atom is 0.253 e. The molecule has 1 heterocycles. The van der Waals surface area contributed by atoms with Gasteiger partial charge in [0.15, 0.2) is 0 Å². The molecule has 1 aliphatic heterocycles. The summed E-state index contributed by atoms with van der Waals surface area (Å²) in [7, 11) is 0. The molecule has 1 saturated heterocycles. The van der Waals surface area contributed by atoms with Crippen LogP contribution >= 0.6 is 11.6 Å². The molecule has 1 aromatic rings. The van der Waals surface area contributed by atoms with Crippen LogP contribution in [0.15, 0.2) is 29.4 Å². The molecule has 0 atom stereocenters. The maximum absolute atomic E-state index is 12.1. The molecule has 5 heteroatoms. The Labute approximate surface area is 104 Å². The molecule has 0 unspecified atom stereocenters. The fourth-order valence-electron chi connectivity index (χ4n) is 1.84. The minimum atomic E-state index is -0.00124. The number of oxime groups is 1. The number of likely N-dealkylation sites (tertiary alicyclic amines) is 1. The molecule has 2 rings (SSSR count). The molecule has 1 amide bonds. The van der Waals surface area contributed by atoms with Crippen LogP contribution in [0.25, 0.3) is 0 Å². The van der Waals surface area contributed by atoms with Gasteiger partial charge in [0.05, 0.1) is 5.71 Å². The van der Waals surface area contributed by atoms with E-state index in [1.54, 1.807) is 29.2 Å². The van der Waals surface area contributed by atoms with Crippen molar-refractivity contribution >= 4 is 23.2 Å². The van der Waals surface area contributed by atoms with Crippen molar-refractivity contribution in [3.05, 3.63) is 34.9 Å². The highest BCUT2D eigenvalue weighted by molar-refractivity contribution is 6.30. The number of hydrogen-bond donors (Lipinski definition) is 1. The molecule has 0 spiro atoms. The third-order valence-electron chi connectivity index (χ3n) is 2.86. The largest absolute Gasteiger partial charge is 0.411 e. The highest BCUT2D eigenvalue weighted by Crippen LogP contribution is 2.14. The van der Waals surface area contributed by atoms with Crippen LogP contribution in [0.4, 0.5) is 0 Å². The van der Waals surface area contributed by atoms with Crippen molar-refractivity contribution in [3.63, 3.8) is 0 Å². The zero-order chi connectivity index (χ0) is 12.3. The zero-order valence-corrected chi connectivity index (χ0v) is 10.0. The average Bonchev–Trinajstić information content (AvgIpc) is 2.39. The Morgan fingerprint density at radius 1 is 1.24 bits per heavy atom. The average molecular weight is 253 g/mol. The monoisotopic (exact) mass is 252 g/mol. The van der Waals surface area contributed by atoms with Gasteiger partial charge in [0.2, 0.25) is 0 Å². The van der Waals surface area contributed by atoms with E-state index in [2.05, 4.69) is 5.16 Å². The smallest absolute Gasteiger partial charge is 0.253 e. The van der Waals surface area contributed by atoms with Crippen molar-refractivity contribution < 1.29 is 10.0 Å². The van der Waals surface area contributed by atoms with Crippen LogP contribution in [0.5, 0.6) is 0 Å². The lowest BCUT2D eigenvalue weighted by Gasteiger charge is -2.27. The van der Waals surface area contributed by atoms with E-state index in [-0.39, 0.29) is 5.91 Å². The SMILES string of the molecule is O=C(c1ccc(Cl)cc1)N1CCC(=NO)CC1. The van der Waals surface area contributed by atoms with Gasteiger partial charge in [0, 0.05) is 36.5 Å². The third kappa shape index (κ3) is 2.77. The number of carbonyl (C=O) groups excluding carboxylic acids is 1. The Kier molecular flexibility index (Phi) is 3.64. The normalized spacial score (nSPS) is 15.8. The number of carbonyl (C=O) groups is 1. The van der Waals surface area contributed by atoms with Crippen molar-refractivity contribution in [2.24, 2.45) is 5.16 Å². The highest BCUT2D eigenvalue weighted by Gasteiger charge is 2.20. The summed E-state index contributed by atoms with van der Waals surface area (Å²) in [4.78, 5) is 13.8. The van der Waals surface area contributed by atoms with Gasteiger partial charge in [0.1, 0.15) is 0 Å². The first-order valence-electron chi connectivity index (χ1n) is 5.45. The van der Waals surface area contributed by atoms with E-state index in [9.17, 15) is 4.79 Å². The number of benzene rings is 1. The summed E-state index contributed by atoms with van der Waals surface area (Å²) < 4.78 is 0. The zero-order valence-electron chi connectivity index (χ0n) is 9.27. The van der Waals surface area contributed by atoms with Crippen LogP contribution < -0.4 is 0 Å². The summed E-state index contributed by atoms with van der Waals surface area (Å²) >= 11 is 5.77. The molecular weight excluding hydrogens is 240 g/mol. The first-order chi connectivity index (χ1) is 8.20. The van der Waals surface area contributed by atoms with Crippen molar-refractivity contribution in [1.82, 2.24) is 4.90 Å². The fraction of sp³-hybridized carbons (Fsp3) is 0.333. The summed E-state index contributed by atoms with van der Waals surface area (Å²) in [6, 6.07) is 6.86. The molecule has 0 radical (unpaired) electrons. The summed E-state index contributed by atoms with van der Waals surface area (Å²) in [5.74, 6) is -0.00124. The number of amides is 1. The molecule has 0 saturated carbocycles. The second kappa shape index (κ2) is 5.19. The first kappa shape index (κ1) is 11.9. The summed E-state index contributed by atoms with van der Waals surface area (Å²) in [5, 5.41) is 12.4. The lowest BCUT2D eigenvalue weighted by atomic mass is 10.1. The predicted molar refractivity (Wildman–Crippen MR) is 65.8 cm³/mol. The van der Waals surface area contributed by atoms with Crippen molar-refractivity contribution in [3.8, 4) is 0 Å². The molecule has 0 bridgehead atoms. The summed E-state index contributed by atoms with van der Waals surface area (Å²) in [5.41, 5.74) is 1.39. The quantitative estimate of drug-likeness (QED) is 0.616. The first-order valence-corrected chi connectivity index (χ1v) is 5.83. The Bertz CT molecular complexity index is 432. The minimum absolute atomic E-state index is 0.00124. The lowest BCUT2D eigenvalue weighted by Crippen LogP contribution is -2.38. The molecule has 4 nitrogen and oxygen atoms in total. The van der Waals surface area contributed by atoms with E-state index in [1.165, 1.54) is 0 Å². The third-order valence-corrected chi connectivity index (χ3v) is 3.11. The van der Waals surface area contributed by atoms with Gasteiger partial charge >= 0.3 is 0 Å². The predicted octanol–water partition coefficient (Wildman–Crippen LogP) is 2.41. The number of rotatable bonds is 1. The van der Waals surface area contributed by atoms with Gasteiger partial charge in [-0.1, -0.05) is 16.8 Å². The van der Waals surface area contributed by atoms with E-state index < -0.39 is 0 Å². The molecule has 17 heavy (non-hydrogen) atoms. The van der Waals surface area contributed by atoms with Gasteiger partial charge in [-0.3, -0.25) is 4.79 Å². The highest BCUT2D eigenvalue weighted by atomic mass is 35.5. The van der Waals surface area contributed by atoms with Gasteiger partial charge in [-0.25, -0.2) is 0 Å². The Morgan fingerprint density at radius 2 is 1.82 bits per heavy atom. The van der Waals surface area contributed by atoms with Crippen LogP contribution in [0.2, 0.25) is 5.02 Å². The Balaban J connectivity index is 2.04. The van der Waals surface area contributed by atoms with Crippen LogP contribution in [0.1, 0.15) is 23.2 Å². The molecule has 1 aliphatic rings. The van der Waals surface area contributed by atoms with Crippen LogP contribution in [0, 0.1) is 0 Å². The minimum Gasteiger partial charge on any atom is -0.411 e. The van der Waals surface area contributed by atoms with Crippen LogP contribution in [-0.4, -0.2) is 34.8 Å². The van der Waals surface area contributed by atoms with Crippen molar-refractivity contribution in [1.29, 1.82) is 0 Å². The van der Waals surface area contributed by atoms with Gasteiger partial charge in [0.25, 0.3) is 5.91 Å². The number of halogens is 1. The standard InChI is InChI=1S/C12H13ClN2O2/c13-10-3-1-9(2-4-10)12(16)15-7-5-11(14-17)6-8-15/h1-4,17H,5-8H2. The van der Waals surface area contributed by atoms with Crippen molar-refractivity contribution in [2.75, 3.05) is 13.1 Å².